The van der Waals surface area contributed by atoms with Gasteiger partial charge in [-0.25, -0.2) is 0 Å². The third-order valence-corrected chi connectivity index (χ3v) is 2.17. The Kier molecular flexibility index (Phi) is 3.44. The van der Waals surface area contributed by atoms with Gasteiger partial charge < -0.3 is 18.3 Å². The number of hydrogen-bond acceptors (Lipinski definition) is 4. The Labute approximate surface area is 93.8 Å². The summed E-state index contributed by atoms with van der Waals surface area (Å²) in [6, 6.07) is 3.80. The fourth-order valence-corrected chi connectivity index (χ4v) is 1.49. The maximum atomic E-state index is 5.38. The lowest BCUT2D eigenvalue weighted by atomic mass is 10.2. The molecule has 0 spiro atoms. The average Bonchev–Trinajstić information content (AvgIpc) is 2.87. The van der Waals surface area contributed by atoms with Crippen molar-refractivity contribution in [2.24, 2.45) is 0 Å². The number of furan rings is 2. The normalized spacial score (nSPS) is 10.9. The fourth-order valence-electron chi connectivity index (χ4n) is 1.49. The lowest BCUT2D eigenvalue weighted by Crippen LogP contribution is -1.82. The molecule has 4 nitrogen and oxygen atoms in total. The first-order valence-electron chi connectivity index (χ1n) is 4.96. The second kappa shape index (κ2) is 5.01. The van der Waals surface area contributed by atoms with Crippen LogP contribution in [0.15, 0.2) is 33.5 Å². The van der Waals surface area contributed by atoms with Gasteiger partial charge in [0.2, 0.25) is 0 Å². The molecule has 2 heterocycles. The summed E-state index contributed by atoms with van der Waals surface area (Å²) in [7, 11) is 3.30. The van der Waals surface area contributed by atoms with E-state index in [-0.39, 0.29) is 0 Å². The Morgan fingerprint density at radius 1 is 0.875 bits per heavy atom. The van der Waals surface area contributed by atoms with E-state index in [1.807, 2.05) is 12.1 Å². The minimum absolute atomic E-state index is 0.537. The lowest BCUT2D eigenvalue weighted by Gasteiger charge is -1.90. The minimum atomic E-state index is 0.537. The van der Waals surface area contributed by atoms with Crippen LogP contribution in [0.4, 0.5) is 0 Å². The molecule has 2 aromatic rings. The zero-order chi connectivity index (χ0) is 11.4. The van der Waals surface area contributed by atoms with E-state index in [4.69, 9.17) is 18.3 Å². The van der Waals surface area contributed by atoms with E-state index in [1.54, 1.807) is 26.7 Å². The van der Waals surface area contributed by atoms with Crippen LogP contribution in [0.1, 0.15) is 11.1 Å². The maximum absolute atomic E-state index is 5.38. The van der Waals surface area contributed by atoms with Crippen molar-refractivity contribution in [2.45, 2.75) is 13.2 Å². The molecule has 0 amide bonds. The van der Waals surface area contributed by atoms with Crippen molar-refractivity contribution in [1.29, 1.82) is 0 Å². The highest BCUT2D eigenvalue weighted by molar-refractivity contribution is 5.52. The van der Waals surface area contributed by atoms with E-state index in [1.165, 1.54) is 0 Å². The summed E-state index contributed by atoms with van der Waals surface area (Å²) in [6.07, 6.45) is 3.33. The van der Waals surface area contributed by atoms with Crippen LogP contribution in [-0.2, 0) is 22.7 Å². The molecule has 2 rings (SSSR count). The Bertz CT molecular complexity index is 399. The molecular weight excluding hydrogens is 208 g/mol. The van der Waals surface area contributed by atoms with Crippen LogP contribution in [0, 0.1) is 0 Å². The van der Waals surface area contributed by atoms with E-state index in [0.29, 0.717) is 24.7 Å². The van der Waals surface area contributed by atoms with E-state index in [9.17, 15) is 0 Å². The van der Waals surface area contributed by atoms with Gasteiger partial charge in [-0.1, -0.05) is 0 Å². The molecule has 0 fully saturated rings. The third-order valence-electron chi connectivity index (χ3n) is 2.17. The van der Waals surface area contributed by atoms with Gasteiger partial charge in [-0.2, -0.15) is 0 Å². The number of methoxy groups -OCH3 is 2. The van der Waals surface area contributed by atoms with Crippen molar-refractivity contribution in [3.63, 3.8) is 0 Å². The summed E-state index contributed by atoms with van der Waals surface area (Å²) in [5, 5.41) is 0. The number of hydrogen-bond donors (Lipinski definition) is 0. The quantitative estimate of drug-likeness (QED) is 0.780. The van der Waals surface area contributed by atoms with Crippen LogP contribution in [0.3, 0.4) is 0 Å². The predicted molar refractivity (Wildman–Crippen MR) is 57.8 cm³/mol. The molecular formula is C12H14O4. The molecule has 0 aliphatic heterocycles. The molecule has 0 aliphatic carbocycles. The number of ether oxygens (including phenoxy) is 2. The molecule has 0 saturated carbocycles. The fraction of sp³-hybridized carbons (Fsp3) is 0.333. The van der Waals surface area contributed by atoms with Crippen molar-refractivity contribution >= 4 is 0 Å². The van der Waals surface area contributed by atoms with Gasteiger partial charge in [-0.3, -0.25) is 0 Å². The van der Waals surface area contributed by atoms with Crippen molar-refractivity contribution in [2.75, 3.05) is 14.2 Å². The molecule has 0 saturated heterocycles. The van der Waals surface area contributed by atoms with Gasteiger partial charge in [0.05, 0.1) is 25.7 Å². The van der Waals surface area contributed by atoms with Gasteiger partial charge in [-0.15, -0.1) is 0 Å². The highest BCUT2D eigenvalue weighted by atomic mass is 16.5. The first-order chi connectivity index (χ1) is 7.83. The van der Waals surface area contributed by atoms with Gasteiger partial charge in [0.15, 0.2) is 11.5 Å². The van der Waals surface area contributed by atoms with Gasteiger partial charge >= 0.3 is 0 Å². The molecule has 16 heavy (non-hydrogen) atoms. The summed E-state index contributed by atoms with van der Waals surface area (Å²) in [4.78, 5) is 0. The van der Waals surface area contributed by atoms with Crippen LogP contribution in [0.5, 0.6) is 0 Å². The van der Waals surface area contributed by atoms with Gasteiger partial charge in [0.25, 0.3) is 0 Å². The predicted octanol–water partition coefficient (Wildman–Crippen LogP) is 2.83. The smallest absolute Gasteiger partial charge is 0.169 e. The first kappa shape index (κ1) is 11.0. The molecule has 86 valence electrons. The SMILES string of the molecule is COCc1coc(-c2cc(COC)co2)c1. The molecule has 0 bridgehead atoms. The summed E-state index contributed by atoms with van der Waals surface area (Å²) in [6.45, 7) is 1.07. The third kappa shape index (κ3) is 2.35. The van der Waals surface area contributed by atoms with Crippen LogP contribution in [0.25, 0.3) is 11.5 Å². The molecule has 0 aliphatic rings. The lowest BCUT2D eigenvalue weighted by molar-refractivity contribution is 0.184. The molecule has 2 aromatic heterocycles. The van der Waals surface area contributed by atoms with Gasteiger partial charge in [-0.05, 0) is 12.1 Å². The summed E-state index contributed by atoms with van der Waals surface area (Å²) >= 11 is 0. The summed E-state index contributed by atoms with van der Waals surface area (Å²) in [5.41, 5.74) is 1.98. The van der Waals surface area contributed by atoms with E-state index < -0.39 is 0 Å². The molecule has 0 aromatic carbocycles. The van der Waals surface area contributed by atoms with Crippen molar-refractivity contribution in [1.82, 2.24) is 0 Å². The zero-order valence-corrected chi connectivity index (χ0v) is 9.36. The highest BCUT2D eigenvalue weighted by Crippen LogP contribution is 2.24. The Morgan fingerprint density at radius 3 is 1.69 bits per heavy atom. The van der Waals surface area contributed by atoms with Crippen molar-refractivity contribution in [3.05, 3.63) is 35.8 Å². The van der Waals surface area contributed by atoms with Crippen molar-refractivity contribution < 1.29 is 18.3 Å². The van der Waals surface area contributed by atoms with Gasteiger partial charge in [0, 0.05) is 25.3 Å². The zero-order valence-electron chi connectivity index (χ0n) is 9.36. The number of rotatable bonds is 5. The molecule has 0 atom stereocenters. The van der Waals surface area contributed by atoms with Crippen molar-refractivity contribution in [3.8, 4) is 11.5 Å². The van der Waals surface area contributed by atoms with E-state index in [0.717, 1.165) is 11.1 Å². The standard InChI is InChI=1S/C12H14O4/c1-13-5-9-3-11(15-7-9)12-4-10(6-14-2)8-16-12/h3-4,7-8H,5-6H2,1-2H3. The molecule has 0 radical (unpaired) electrons. The average molecular weight is 222 g/mol. The summed E-state index contributed by atoms with van der Waals surface area (Å²) < 4.78 is 20.8. The topological polar surface area (TPSA) is 44.7 Å². The Hall–Kier alpha value is -1.52. The Balaban J connectivity index is 2.14. The molecule has 0 N–H and O–H groups in total. The van der Waals surface area contributed by atoms with E-state index in [2.05, 4.69) is 0 Å². The Morgan fingerprint density at radius 2 is 1.31 bits per heavy atom. The van der Waals surface area contributed by atoms with E-state index >= 15 is 0 Å². The van der Waals surface area contributed by atoms with Crippen LogP contribution < -0.4 is 0 Å². The second-order valence-electron chi connectivity index (χ2n) is 3.50. The van der Waals surface area contributed by atoms with Gasteiger partial charge in [0.1, 0.15) is 0 Å². The summed E-state index contributed by atoms with van der Waals surface area (Å²) in [5.74, 6) is 1.41. The minimum Gasteiger partial charge on any atom is -0.461 e. The van der Waals surface area contributed by atoms with Crippen LogP contribution in [-0.4, -0.2) is 14.2 Å². The second-order valence-corrected chi connectivity index (χ2v) is 3.50. The van der Waals surface area contributed by atoms with Crippen LogP contribution in [0.2, 0.25) is 0 Å². The first-order valence-corrected chi connectivity index (χ1v) is 4.96. The maximum Gasteiger partial charge on any atom is 0.169 e. The van der Waals surface area contributed by atoms with Crippen LogP contribution >= 0.6 is 0 Å². The molecule has 4 heteroatoms. The highest BCUT2D eigenvalue weighted by Gasteiger charge is 2.09. The largest absolute Gasteiger partial charge is 0.461 e. The molecule has 0 unspecified atom stereocenters. The monoisotopic (exact) mass is 222 g/mol.